The highest BCUT2D eigenvalue weighted by Crippen LogP contribution is 2.18. The van der Waals surface area contributed by atoms with E-state index in [1.807, 2.05) is 0 Å². The van der Waals surface area contributed by atoms with Crippen molar-refractivity contribution in [3.05, 3.63) is 27.8 Å². The Kier molecular flexibility index (Phi) is 8.13. The number of anilines is 1. The molecule has 0 aliphatic carbocycles. The van der Waals surface area contributed by atoms with Crippen molar-refractivity contribution in [3.8, 4) is 0 Å². The minimum Gasteiger partial charge on any atom is -0.396 e. The zero-order valence-electron chi connectivity index (χ0n) is 11.4. The second-order valence-corrected chi connectivity index (χ2v) is 6.18. The lowest BCUT2D eigenvalue weighted by Crippen LogP contribution is -2.48. The van der Waals surface area contributed by atoms with Crippen LogP contribution in [0.3, 0.4) is 0 Å². The minimum absolute atomic E-state index is 0. The van der Waals surface area contributed by atoms with Crippen molar-refractivity contribution in [1.82, 2.24) is 4.90 Å². The van der Waals surface area contributed by atoms with Gasteiger partial charge in [-0.2, -0.15) is 0 Å². The number of piperazine rings is 1. The molecule has 114 valence electrons. The summed E-state index contributed by atoms with van der Waals surface area (Å²) in [6.07, 6.45) is 0.0620. The molecule has 1 aromatic carbocycles. The van der Waals surface area contributed by atoms with Crippen molar-refractivity contribution >= 4 is 40.7 Å². The van der Waals surface area contributed by atoms with E-state index in [0.29, 0.717) is 13.0 Å². The summed E-state index contributed by atoms with van der Waals surface area (Å²) >= 11 is 2.32. The third kappa shape index (κ3) is 5.37. The molecule has 0 aromatic heterocycles. The maximum Gasteiger partial charge on any atom is 0.0689 e. The molecule has 1 atom stereocenters. The maximum atomic E-state index is 9.70. The van der Waals surface area contributed by atoms with E-state index < -0.39 is 6.10 Å². The van der Waals surface area contributed by atoms with E-state index in [1.54, 1.807) is 0 Å². The van der Waals surface area contributed by atoms with E-state index in [4.69, 9.17) is 5.11 Å². The summed E-state index contributed by atoms with van der Waals surface area (Å²) in [5.74, 6) is 0. The molecule has 0 spiro atoms. The van der Waals surface area contributed by atoms with E-state index >= 15 is 0 Å². The quantitative estimate of drug-likeness (QED) is 0.721. The predicted molar refractivity (Wildman–Crippen MR) is 92.8 cm³/mol. The minimum atomic E-state index is -0.408. The molecular formula is C14H22ClIN2O2. The molecular weight excluding hydrogens is 391 g/mol. The smallest absolute Gasteiger partial charge is 0.0689 e. The Hall–Kier alpha value is -0.0800. The number of aliphatic hydroxyl groups is 2. The second kappa shape index (κ2) is 9.04. The summed E-state index contributed by atoms with van der Waals surface area (Å²) in [7, 11) is 0. The summed E-state index contributed by atoms with van der Waals surface area (Å²) in [5.41, 5.74) is 1.27. The first kappa shape index (κ1) is 18.0. The summed E-state index contributed by atoms with van der Waals surface area (Å²) in [6, 6.07) is 8.59. The van der Waals surface area contributed by atoms with E-state index in [-0.39, 0.29) is 19.0 Å². The Morgan fingerprint density at radius 2 is 1.70 bits per heavy atom. The van der Waals surface area contributed by atoms with E-state index in [0.717, 1.165) is 26.2 Å². The predicted octanol–water partition coefficient (Wildman–Crippen LogP) is 1.58. The molecule has 2 rings (SSSR count). The molecule has 1 aliphatic heterocycles. The number of β-amino-alcohol motifs (C(OH)–C–C–N with tert-alkyl or cyclic N) is 1. The Bertz CT molecular complexity index is 383. The van der Waals surface area contributed by atoms with Gasteiger partial charge in [-0.1, -0.05) is 0 Å². The Morgan fingerprint density at radius 1 is 1.10 bits per heavy atom. The van der Waals surface area contributed by atoms with Crippen LogP contribution in [-0.2, 0) is 0 Å². The Morgan fingerprint density at radius 3 is 2.25 bits per heavy atom. The van der Waals surface area contributed by atoms with E-state index in [1.165, 1.54) is 9.26 Å². The Labute approximate surface area is 140 Å². The number of aliphatic hydroxyl groups excluding tert-OH is 2. The van der Waals surface area contributed by atoms with Gasteiger partial charge < -0.3 is 15.1 Å². The normalized spacial score (nSPS) is 17.6. The molecule has 4 nitrogen and oxygen atoms in total. The Balaban J connectivity index is 0.00000200. The van der Waals surface area contributed by atoms with Crippen LogP contribution in [0.5, 0.6) is 0 Å². The number of benzene rings is 1. The zero-order valence-corrected chi connectivity index (χ0v) is 14.4. The van der Waals surface area contributed by atoms with Crippen molar-refractivity contribution in [1.29, 1.82) is 0 Å². The molecule has 20 heavy (non-hydrogen) atoms. The van der Waals surface area contributed by atoms with Gasteiger partial charge >= 0.3 is 0 Å². The molecule has 0 saturated carbocycles. The van der Waals surface area contributed by atoms with Crippen LogP contribution in [0.2, 0.25) is 0 Å². The van der Waals surface area contributed by atoms with Crippen molar-refractivity contribution in [2.45, 2.75) is 12.5 Å². The largest absolute Gasteiger partial charge is 0.396 e. The first-order valence-electron chi connectivity index (χ1n) is 6.71. The fourth-order valence-corrected chi connectivity index (χ4v) is 2.74. The van der Waals surface area contributed by atoms with Crippen molar-refractivity contribution in [2.24, 2.45) is 0 Å². The highest BCUT2D eigenvalue weighted by atomic mass is 127. The number of rotatable bonds is 5. The zero-order chi connectivity index (χ0) is 13.7. The van der Waals surface area contributed by atoms with Crippen LogP contribution in [0.15, 0.2) is 24.3 Å². The van der Waals surface area contributed by atoms with Crippen LogP contribution in [0.4, 0.5) is 5.69 Å². The fourth-order valence-electron chi connectivity index (χ4n) is 2.38. The fraction of sp³-hybridized carbons (Fsp3) is 0.571. The highest BCUT2D eigenvalue weighted by molar-refractivity contribution is 14.1. The van der Waals surface area contributed by atoms with Crippen LogP contribution < -0.4 is 4.90 Å². The number of hydrogen-bond acceptors (Lipinski definition) is 4. The van der Waals surface area contributed by atoms with Crippen LogP contribution in [0.1, 0.15) is 6.42 Å². The van der Waals surface area contributed by atoms with Crippen LogP contribution in [-0.4, -0.2) is 60.5 Å². The number of halogens is 2. The van der Waals surface area contributed by atoms with Gasteiger partial charge in [-0.25, -0.2) is 0 Å². The monoisotopic (exact) mass is 412 g/mol. The number of hydrogen-bond donors (Lipinski definition) is 2. The summed E-state index contributed by atoms with van der Waals surface area (Å²) in [5, 5.41) is 18.5. The van der Waals surface area contributed by atoms with Gasteiger partial charge in [-0.3, -0.25) is 4.90 Å². The van der Waals surface area contributed by atoms with Gasteiger partial charge in [0.05, 0.1) is 6.10 Å². The second-order valence-electron chi connectivity index (χ2n) is 4.93. The van der Waals surface area contributed by atoms with Gasteiger partial charge in [0.25, 0.3) is 0 Å². The molecule has 0 bridgehead atoms. The lowest BCUT2D eigenvalue weighted by atomic mass is 10.2. The molecule has 0 radical (unpaired) electrons. The van der Waals surface area contributed by atoms with Crippen molar-refractivity contribution in [2.75, 3.05) is 44.2 Å². The van der Waals surface area contributed by atoms with E-state index in [2.05, 4.69) is 56.7 Å². The average Bonchev–Trinajstić information content (AvgIpc) is 2.41. The van der Waals surface area contributed by atoms with Crippen LogP contribution in [0.25, 0.3) is 0 Å². The van der Waals surface area contributed by atoms with Crippen LogP contribution in [0, 0.1) is 3.57 Å². The molecule has 1 aliphatic rings. The molecule has 1 fully saturated rings. The van der Waals surface area contributed by atoms with E-state index in [9.17, 15) is 5.11 Å². The SMILES string of the molecule is Cl.OCC[C@@H](O)CN1CCN(c2ccc(I)cc2)CC1. The van der Waals surface area contributed by atoms with Gasteiger partial charge in [-0.05, 0) is 53.3 Å². The summed E-state index contributed by atoms with van der Waals surface area (Å²) in [6.45, 7) is 4.65. The van der Waals surface area contributed by atoms with Gasteiger partial charge in [-0.15, -0.1) is 12.4 Å². The molecule has 0 amide bonds. The first-order chi connectivity index (χ1) is 9.19. The molecule has 6 heteroatoms. The molecule has 0 unspecified atom stereocenters. The average molecular weight is 413 g/mol. The lowest BCUT2D eigenvalue weighted by Gasteiger charge is -2.36. The molecule has 2 N–H and O–H groups in total. The third-order valence-corrected chi connectivity index (χ3v) is 4.21. The molecule has 1 saturated heterocycles. The van der Waals surface area contributed by atoms with Crippen molar-refractivity contribution in [3.63, 3.8) is 0 Å². The topological polar surface area (TPSA) is 46.9 Å². The highest BCUT2D eigenvalue weighted by Gasteiger charge is 2.19. The summed E-state index contributed by atoms with van der Waals surface area (Å²) < 4.78 is 1.26. The van der Waals surface area contributed by atoms with Crippen LogP contribution >= 0.6 is 35.0 Å². The van der Waals surface area contributed by atoms with Gasteiger partial charge in [0.15, 0.2) is 0 Å². The first-order valence-corrected chi connectivity index (χ1v) is 7.78. The molecule has 1 heterocycles. The summed E-state index contributed by atoms with van der Waals surface area (Å²) in [4.78, 5) is 4.65. The van der Waals surface area contributed by atoms with Gasteiger partial charge in [0, 0.05) is 48.6 Å². The van der Waals surface area contributed by atoms with Crippen molar-refractivity contribution < 1.29 is 10.2 Å². The van der Waals surface area contributed by atoms with Gasteiger partial charge in [0.1, 0.15) is 0 Å². The standard InChI is InChI=1S/C14H21IN2O2.ClH/c15-12-1-3-13(4-2-12)17-8-6-16(7-9-17)11-14(19)5-10-18;/h1-4,14,18-19H,5-11H2;1H/t14-;/m1./s1. The van der Waals surface area contributed by atoms with Gasteiger partial charge in [0.2, 0.25) is 0 Å². The number of nitrogens with zero attached hydrogens (tertiary/aromatic N) is 2. The maximum absolute atomic E-state index is 9.70. The lowest BCUT2D eigenvalue weighted by molar-refractivity contribution is 0.0851. The third-order valence-electron chi connectivity index (χ3n) is 3.50. The molecule has 1 aromatic rings.